The van der Waals surface area contributed by atoms with Crippen LogP contribution in [0.4, 0.5) is 0 Å². The summed E-state index contributed by atoms with van der Waals surface area (Å²) in [4.78, 5) is 14.5. The Morgan fingerprint density at radius 1 is 1.11 bits per heavy atom. The van der Waals surface area contributed by atoms with Crippen molar-refractivity contribution in [2.75, 3.05) is 19.7 Å². The molecule has 1 saturated heterocycles. The highest BCUT2D eigenvalue weighted by Gasteiger charge is 2.24. The summed E-state index contributed by atoms with van der Waals surface area (Å²) < 4.78 is 6.91. The Morgan fingerprint density at radius 3 is 2.63 bits per heavy atom. The molecule has 1 aromatic carbocycles. The first-order valence-electron chi connectivity index (χ1n) is 9.72. The molecule has 27 heavy (non-hydrogen) atoms. The van der Waals surface area contributed by atoms with E-state index in [-0.39, 0.29) is 5.91 Å². The summed E-state index contributed by atoms with van der Waals surface area (Å²) >= 11 is 3.41. The fraction of sp³-hybridized carbons (Fsp3) is 0.476. The fourth-order valence-electron chi connectivity index (χ4n) is 3.82. The van der Waals surface area contributed by atoms with E-state index in [2.05, 4.69) is 32.2 Å². The predicted molar refractivity (Wildman–Crippen MR) is 107 cm³/mol. The van der Waals surface area contributed by atoms with Crippen LogP contribution in [-0.4, -0.2) is 40.7 Å². The lowest BCUT2D eigenvalue weighted by Crippen LogP contribution is -2.39. The minimum Gasteiger partial charge on any atom is -0.476 e. The third-order valence-corrected chi connectivity index (χ3v) is 6.04. The van der Waals surface area contributed by atoms with E-state index in [4.69, 9.17) is 4.74 Å². The number of hydrogen-bond acceptors (Lipinski definition) is 4. The Balaban J connectivity index is 1.27. The number of rotatable bonds is 4. The van der Waals surface area contributed by atoms with Gasteiger partial charge in [0.2, 0.25) is 5.88 Å². The molecule has 5 nitrogen and oxygen atoms in total. The minimum atomic E-state index is 0.113. The minimum absolute atomic E-state index is 0.113. The quantitative estimate of drug-likeness (QED) is 0.735. The van der Waals surface area contributed by atoms with Crippen LogP contribution in [0.3, 0.4) is 0 Å². The average molecular weight is 430 g/mol. The molecule has 0 radical (unpaired) electrons. The van der Waals surface area contributed by atoms with E-state index < -0.39 is 0 Å². The number of carbonyl (C=O) groups excluding carboxylic acids is 1. The molecule has 4 rings (SSSR count). The molecule has 1 amide bonds. The van der Waals surface area contributed by atoms with Gasteiger partial charge in [-0.05, 0) is 74.3 Å². The van der Waals surface area contributed by atoms with Crippen molar-refractivity contribution >= 4 is 21.8 Å². The van der Waals surface area contributed by atoms with Crippen molar-refractivity contribution in [1.29, 1.82) is 0 Å². The van der Waals surface area contributed by atoms with Crippen LogP contribution in [0.25, 0.3) is 0 Å². The molecular weight excluding hydrogens is 406 g/mol. The molecule has 0 spiro atoms. The fourth-order valence-corrected chi connectivity index (χ4v) is 4.09. The summed E-state index contributed by atoms with van der Waals surface area (Å²) in [7, 11) is 0. The molecule has 2 heterocycles. The number of halogens is 1. The molecule has 1 aliphatic carbocycles. The Bertz CT molecular complexity index is 802. The third kappa shape index (κ3) is 4.49. The molecular formula is C21H24BrN3O2. The number of hydrogen-bond donors (Lipinski definition) is 0. The Labute approximate surface area is 168 Å². The van der Waals surface area contributed by atoms with Gasteiger partial charge >= 0.3 is 0 Å². The van der Waals surface area contributed by atoms with Crippen molar-refractivity contribution in [3.05, 3.63) is 51.6 Å². The summed E-state index contributed by atoms with van der Waals surface area (Å²) in [5.74, 6) is 1.21. The number of ether oxygens (including phenoxy) is 1. The van der Waals surface area contributed by atoms with E-state index in [1.807, 2.05) is 29.2 Å². The van der Waals surface area contributed by atoms with Crippen LogP contribution in [0.1, 0.15) is 47.3 Å². The maximum Gasteiger partial charge on any atom is 0.253 e. The molecule has 2 aromatic rings. The third-order valence-electron chi connectivity index (χ3n) is 5.51. The lowest BCUT2D eigenvalue weighted by atomic mass is 9.96. The van der Waals surface area contributed by atoms with E-state index in [0.717, 1.165) is 54.5 Å². The Hall–Kier alpha value is -1.95. The van der Waals surface area contributed by atoms with E-state index in [1.54, 1.807) is 0 Å². The standard InChI is InChI=1S/C21H24BrN3O2/c22-18-7-5-16(6-8-18)21(26)25-11-9-15(10-12-25)14-27-20-13-17-3-1-2-4-19(17)23-24-20/h5-8,13,15H,1-4,9-12,14H2. The van der Waals surface area contributed by atoms with Gasteiger partial charge in [0.1, 0.15) is 0 Å². The van der Waals surface area contributed by atoms with Crippen LogP contribution in [0.5, 0.6) is 5.88 Å². The Morgan fingerprint density at radius 2 is 1.85 bits per heavy atom. The SMILES string of the molecule is O=C(c1ccc(Br)cc1)N1CCC(COc2cc3c(nn2)CCCC3)CC1. The molecule has 6 heteroatoms. The molecule has 0 bridgehead atoms. The molecule has 0 unspecified atom stereocenters. The van der Waals surface area contributed by atoms with Gasteiger partial charge in [0, 0.05) is 29.2 Å². The van der Waals surface area contributed by atoms with E-state index >= 15 is 0 Å². The van der Waals surface area contributed by atoms with Gasteiger partial charge < -0.3 is 9.64 Å². The molecule has 0 saturated carbocycles. The maximum absolute atomic E-state index is 12.6. The number of piperidine rings is 1. The molecule has 2 aliphatic rings. The number of aromatic nitrogens is 2. The highest BCUT2D eigenvalue weighted by Crippen LogP contribution is 2.24. The van der Waals surface area contributed by atoms with Crippen molar-refractivity contribution in [2.24, 2.45) is 5.92 Å². The average Bonchev–Trinajstić information content (AvgIpc) is 2.72. The van der Waals surface area contributed by atoms with Crippen LogP contribution in [-0.2, 0) is 12.8 Å². The van der Waals surface area contributed by atoms with Crippen molar-refractivity contribution in [2.45, 2.75) is 38.5 Å². The van der Waals surface area contributed by atoms with Crippen molar-refractivity contribution in [3.8, 4) is 5.88 Å². The van der Waals surface area contributed by atoms with Gasteiger partial charge in [-0.1, -0.05) is 15.9 Å². The van der Waals surface area contributed by atoms with Crippen molar-refractivity contribution in [3.63, 3.8) is 0 Å². The smallest absolute Gasteiger partial charge is 0.253 e. The number of likely N-dealkylation sites (tertiary alicyclic amines) is 1. The van der Waals surface area contributed by atoms with Crippen LogP contribution < -0.4 is 4.74 Å². The second-order valence-corrected chi connectivity index (χ2v) is 8.33. The van der Waals surface area contributed by atoms with Crippen molar-refractivity contribution in [1.82, 2.24) is 15.1 Å². The van der Waals surface area contributed by atoms with E-state index in [0.29, 0.717) is 18.4 Å². The summed E-state index contributed by atoms with van der Waals surface area (Å²) in [5, 5.41) is 8.55. The highest BCUT2D eigenvalue weighted by molar-refractivity contribution is 9.10. The number of amides is 1. The number of nitrogens with zero attached hydrogens (tertiary/aromatic N) is 3. The molecule has 0 atom stereocenters. The lowest BCUT2D eigenvalue weighted by Gasteiger charge is -2.32. The van der Waals surface area contributed by atoms with Gasteiger partial charge in [0.05, 0.1) is 12.3 Å². The lowest BCUT2D eigenvalue weighted by molar-refractivity contribution is 0.0659. The van der Waals surface area contributed by atoms with Crippen molar-refractivity contribution < 1.29 is 9.53 Å². The zero-order valence-corrected chi connectivity index (χ0v) is 17.0. The van der Waals surface area contributed by atoms with Gasteiger partial charge in [-0.15, -0.1) is 5.10 Å². The van der Waals surface area contributed by atoms with Gasteiger partial charge in [-0.2, -0.15) is 5.10 Å². The van der Waals surface area contributed by atoms with E-state index in [9.17, 15) is 4.79 Å². The highest BCUT2D eigenvalue weighted by atomic mass is 79.9. The summed E-state index contributed by atoms with van der Waals surface area (Å²) in [6.07, 6.45) is 6.47. The van der Waals surface area contributed by atoms with Gasteiger partial charge in [0.25, 0.3) is 5.91 Å². The first-order chi connectivity index (χ1) is 13.2. The van der Waals surface area contributed by atoms with Gasteiger partial charge in [-0.25, -0.2) is 0 Å². The molecule has 1 aliphatic heterocycles. The normalized spacial score (nSPS) is 17.4. The summed E-state index contributed by atoms with van der Waals surface area (Å²) in [5.41, 5.74) is 3.17. The molecule has 142 valence electrons. The number of carbonyl (C=O) groups is 1. The van der Waals surface area contributed by atoms with Gasteiger partial charge in [0.15, 0.2) is 0 Å². The predicted octanol–water partition coefficient (Wildman–Crippen LogP) is 4.05. The molecule has 0 N–H and O–H groups in total. The zero-order valence-electron chi connectivity index (χ0n) is 15.4. The van der Waals surface area contributed by atoms with Crippen LogP contribution in [0.2, 0.25) is 0 Å². The largest absolute Gasteiger partial charge is 0.476 e. The second-order valence-electron chi connectivity index (χ2n) is 7.42. The van der Waals surface area contributed by atoms with Crippen LogP contribution in [0.15, 0.2) is 34.8 Å². The molecule has 1 aromatic heterocycles. The monoisotopic (exact) mass is 429 g/mol. The summed E-state index contributed by atoms with van der Waals surface area (Å²) in [6.45, 7) is 2.20. The number of benzene rings is 1. The summed E-state index contributed by atoms with van der Waals surface area (Å²) in [6, 6.07) is 9.63. The Kier molecular flexibility index (Phi) is 5.72. The first-order valence-corrected chi connectivity index (χ1v) is 10.5. The second kappa shape index (κ2) is 8.38. The molecule has 1 fully saturated rings. The number of fused-ring (bicyclic) bond motifs is 1. The van der Waals surface area contributed by atoms with E-state index in [1.165, 1.54) is 18.4 Å². The van der Waals surface area contributed by atoms with Crippen LogP contribution in [0, 0.1) is 5.92 Å². The number of aryl methyl sites for hydroxylation is 2. The zero-order chi connectivity index (χ0) is 18.6. The van der Waals surface area contributed by atoms with Crippen LogP contribution >= 0.6 is 15.9 Å². The van der Waals surface area contributed by atoms with Gasteiger partial charge in [-0.3, -0.25) is 4.79 Å². The topological polar surface area (TPSA) is 55.3 Å². The first kappa shape index (κ1) is 18.4. The maximum atomic E-state index is 12.6.